The normalized spacial score (nSPS) is 10.2. The molecule has 0 aliphatic carbocycles. The fourth-order valence-electron chi connectivity index (χ4n) is 1.69. The van der Waals surface area contributed by atoms with Gasteiger partial charge in [-0.25, -0.2) is 0 Å². The van der Waals surface area contributed by atoms with Crippen molar-refractivity contribution in [3.8, 4) is 5.75 Å². The zero-order valence-corrected chi connectivity index (χ0v) is 11.0. The van der Waals surface area contributed by atoms with E-state index >= 15 is 0 Å². The molecule has 0 unspecified atom stereocenters. The van der Waals surface area contributed by atoms with Crippen LogP contribution in [-0.4, -0.2) is 53.9 Å². The molecule has 0 heterocycles. The maximum atomic E-state index is 11.8. The van der Waals surface area contributed by atoms with E-state index in [4.69, 9.17) is 14.9 Å². The minimum absolute atomic E-state index is 0.0697. The van der Waals surface area contributed by atoms with Crippen LogP contribution in [0.2, 0.25) is 0 Å². The summed E-state index contributed by atoms with van der Waals surface area (Å²) in [5, 5.41) is 17.7. The molecular formula is C14H21NO4. The van der Waals surface area contributed by atoms with Gasteiger partial charge < -0.3 is 19.8 Å². The van der Waals surface area contributed by atoms with Crippen LogP contribution in [0.3, 0.4) is 0 Å². The molecule has 0 bridgehead atoms. The van der Waals surface area contributed by atoms with E-state index in [0.717, 1.165) is 5.75 Å². The molecule has 1 rings (SSSR count). The first-order chi connectivity index (χ1) is 9.27. The molecule has 5 heteroatoms. The second kappa shape index (κ2) is 9.35. The monoisotopic (exact) mass is 267 g/mol. The fourth-order valence-corrected chi connectivity index (χ4v) is 1.69. The molecule has 0 spiro atoms. The van der Waals surface area contributed by atoms with Crippen molar-refractivity contribution in [1.82, 2.24) is 4.90 Å². The van der Waals surface area contributed by atoms with Crippen LogP contribution in [0.1, 0.15) is 12.8 Å². The largest absolute Gasteiger partial charge is 0.494 e. The van der Waals surface area contributed by atoms with Gasteiger partial charge >= 0.3 is 0 Å². The summed E-state index contributed by atoms with van der Waals surface area (Å²) >= 11 is 0. The Morgan fingerprint density at radius 3 is 2.32 bits per heavy atom. The number of carbonyl (C=O) groups excluding carboxylic acids is 1. The number of rotatable bonds is 9. The second-order valence-corrected chi connectivity index (χ2v) is 4.09. The highest BCUT2D eigenvalue weighted by molar-refractivity contribution is 5.76. The van der Waals surface area contributed by atoms with Crippen LogP contribution in [0.15, 0.2) is 30.3 Å². The van der Waals surface area contributed by atoms with Gasteiger partial charge in [0.1, 0.15) is 5.75 Å². The van der Waals surface area contributed by atoms with Crippen molar-refractivity contribution < 1.29 is 19.7 Å². The number of hydrogen-bond donors (Lipinski definition) is 2. The molecule has 1 aromatic carbocycles. The van der Waals surface area contributed by atoms with Gasteiger partial charge in [-0.3, -0.25) is 4.79 Å². The molecule has 0 aliphatic rings. The molecule has 5 nitrogen and oxygen atoms in total. The Kier molecular flexibility index (Phi) is 7.62. The van der Waals surface area contributed by atoms with Gasteiger partial charge in [-0.2, -0.15) is 0 Å². The number of hydrogen-bond acceptors (Lipinski definition) is 4. The van der Waals surface area contributed by atoms with E-state index in [1.54, 1.807) is 0 Å². The number of carbonyl (C=O) groups is 1. The summed E-state index contributed by atoms with van der Waals surface area (Å²) in [6.07, 6.45) is 0.966. The zero-order chi connectivity index (χ0) is 13.9. The first-order valence-electron chi connectivity index (χ1n) is 6.45. The maximum absolute atomic E-state index is 11.8. The van der Waals surface area contributed by atoms with Crippen molar-refractivity contribution in [2.75, 3.05) is 32.9 Å². The Labute approximate surface area is 113 Å². The Morgan fingerprint density at radius 2 is 1.74 bits per heavy atom. The van der Waals surface area contributed by atoms with Crippen LogP contribution in [0.25, 0.3) is 0 Å². The highest BCUT2D eigenvalue weighted by Crippen LogP contribution is 2.09. The lowest BCUT2D eigenvalue weighted by Crippen LogP contribution is -2.35. The predicted molar refractivity (Wildman–Crippen MR) is 71.9 cm³/mol. The van der Waals surface area contributed by atoms with E-state index in [9.17, 15) is 4.79 Å². The van der Waals surface area contributed by atoms with Gasteiger partial charge in [0.2, 0.25) is 5.91 Å². The third-order valence-corrected chi connectivity index (χ3v) is 2.64. The molecule has 2 N–H and O–H groups in total. The summed E-state index contributed by atoms with van der Waals surface area (Å²) in [6.45, 7) is 0.818. The Morgan fingerprint density at radius 1 is 1.11 bits per heavy atom. The summed E-state index contributed by atoms with van der Waals surface area (Å²) < 4.78 is 5.49. The molecule has 0 radical (unpaired) electrons. The standard InChI is InChI=1S/C14H21NO4/c16-10-8-15(9-11-17)14(18)7-4-12-19-13-5-2-1-3-6-13/h1-3,5-6,16-17H,4,7-12H2. The fraction of sp³-hybridized carbons (Fsp3) is 0.500. The van der Waals surface area contributed by atoms with Crippen LogP contribution in [0.5, 0.6) is 5.75 Å². The molecule has 0 aromatic heterocycles. The van der Waals surface area contributed by atoms with E-state index in [1.807, 2.05) is 30.3 Å². The molecule has 0 saturated carbocycles. The highest BCUT2D eigenvalue weighted by atomic mass is 16.5. The van der Waals surface area contributed by atoms with Gasteiger partial charge in [0.15, 0.2) is 0 Å². The molecule has 106 valence electrons. The van der Waals surface area contributed by atoms with Gasteiger partial charge in [0.05, 0.1) is 19.8 Å². The Balaban J connectivity index is 2.22. The van der Waals surface area contributed by atoms with Crippen molar-refractivity contribution in [3.63, 3.8) is 0 Å². The summed E-state index contributed by atoms with van der Waals surface area (Å²) in [5.74, 6) is 0.720. The number of aliphatic hydroxyl groups is 2. The van der Waals surface area contributed by atoms with Gasteiger partial charge in [0, 0.05) is 19.5 Å². The van der Waals surface area contributed by atoms with E-state index in [-0.39, 0.29) is 32.2 Å². The number of benzene rings is 1. The van der Waals surface area contributed by atoms with Crippen molar-refractivity contribution in [1.29, 1.82) is 0 Å². The second-order valence-electron chi connectivity index (χ2n) is 4.09. The summed E-state index contributed by atoms with van der Waals surface area (Å²) in [6, 6.07) is 9.44. The number of para-hydroxylation sites is 1. The summed E-state index contributed by atoms with van der Waals surface area (Å²) in [7, 11) is 0. The van der Waals surface area contributed by atoms with E-state index in [2.05, 4.69) is 0 Å². The molecule has 0 saturated heterocycles. The average Bonchev–Trinajstić information content (AvgIpc) is 2.44. The Hall–Kier alpha value is -1.59. The molecule has 0 atom stereocenters. The molecule has 19 heavy (non-hydrogen) atoms. The van der Waals surface area contributed by atoms with Crippen molar-refractivity contribution in [2.45, 2.75) is 12.8 Å². The molecule has 1 aromatic rings. The predicted octanol–water partition coefficient (Wildman–Crippen LogP) is 0.659. The van der Waals surface area contributed by atoms with Gasteiger partial charge in [-0.1, -0.05) is 18.2 Å². The van der Waals surface area contributed by atoms with Crippen LogP contribution in [0.4, 0.5) is 0 Å². The maximum Gasteiger partial charge on any atom is 0.222 e. The van der Waals surface area contributed by atoms with Crippen LogP contribution < -0.4 is 4.74 Å². The number of ether oxygens (including phenoxy) is 1. The first kappa shape index (κ1) is 15.5. The summed E-state index contributed by atoms with van der Waals surface area (Å²) in [5.41, 5.74) is 0. The Bertz CT molecular complexity index is 350. The number of aliphatic hydroxyl groups excluding tert-OH is 2. The summed E-state index contributed by atoms with van der Waals surface area (Å²) in [4.78, 5) is 13.2. The smallest absolute Gasteiger partial charge is 0.222 e. The average molecular weight is 267 g/mol. The third-order valence-electron chi connectivity index (χ3n) is 2.64. The topological polar surface area (TPSA) is 70.0 Å². The highest BCUT2D eigenvalue weighted by Gasteiger charge is 2.11. The van der Waals surface area contributed by atoms with Crippen molar-refractivity contribution in [2.24, 2.45) is 0 Å². The van der Waals surface area contributed by atoms with Gasteiger partial charge in [0.25, 0.3) is 0 Å². The molecule has 1 amide bonds. The number of nitrogens with zero attached hydrogens (tertiary/aromatic N) is 1. The van der Waals surface area contributed by atoms with Crippen molar-refractivity contribution >= 4 is 5.91 Å². The molecular weight excluding hydrogens is 246 g/mol. The van der Waals surface area contributed by atoms with E-state index in [1.165, 1.54) is 4.90 Å². The number of amides is 1. The van der Waals surface area contributed by atoms with E-state index in [0.29, 0.717) is 19.4 Å². The first-order valence-corrected chi connectivity index (χ1v) is 6.45. The zero-order valence-electron chi connectivity index (χ0n) is 11.0. The lowest BCUT2D eigenvalue weighted by atomic mass is 10.2. The van der Waals surface area contributed by atoms with Crippen LogP contribution >= 0.6 is 0 Å². The minimum atomic E-state index is -0.0910. The van der Waals surface area contributed by atoms with Gasteiger partial charge in [-0.05, 0) is 18.6 Å². The van der Waals surface area contributed by atoms with Gasteiger partial charge in [-0.15, -0.1) is 0 Å². The van der Waals surface area contributed by atoms with Crippen LogP contribution in [-0.2, 0) is 4.79 Å². The van der Waals surface area contributed by atoms with Crippen LogP contribution in [0, 0.1) is 0 Å². The quantitative estimate of drug-likeness (QED) is 0.645. The molecule has 0 fully saturated rings. The minimum Gasteiger partial charge on any atom is -0.494 e. The lowest BCUT2D eigenvalue weighted by Gasteiger charge is -2.20. The molecule has 0 aliphatic heterocycles. The van der Waals surface area contributed by atoms with E-state index < -0.39 is 0 Å². The third kappa shape index (κ3) is 6.22. The SMILES string of the molecule is O=C(CCCOc1ccccc1)N(CCO)CCO. The lowest BCUT2D eigenvalue weighted by molar-refractivity contribution is -0.132. The van der Waals surface area contributed by atoms with Crippen molar-refractivity contribution in [3.05, 3.63) is 30.3 Å².